The van der Waals surface area contributed by atoms with Gasteiger partial charge in [0.15, 0.2) is 5.17 Å². The van der Waals surface area contributed by atoms with Gasteiger partial charge in [-0.15, -0.1) is 0 Å². The molecule has 2 aromatic carbocycles. The van der Waals surface area contributed by atoms with Gasteiger partial charge in [-0.2, -0.15) is 0 Å². The van der Waals surface area contributed by atoms with E-state index in [9.17, 15) is 10.2 Å². The number of benzene rings is 2. The first-order chi connectivity index (χ1) is 12.0. The fourth-order valence-electron chi connectivity index (χ4n) is 3.69. The van der Waals surface area contributed by atoms with Crippen LogP contribution in [0.5, 0.6) is 11.5 Å². The van der Waals surface area contributed by atoms with Gasteiger partial charge in [0.05, 0.1) is 0 Å². The number of amidine groups is 1. The second-order valence-electron chi connectivity index (χ2n) is 6.72. The minimum absolute atomic E-state index is 0.00843. The van der Waals surface area contributed by atoms with Gasteiger partial charge >= 0.3 is 0 Å². The molecule has 2 aromatic rings. The predicted molar refractivity (Wildman–Crippen MR) is 101 cm³/mol. The number of thioether (sulfide) groups is 1. The summed E-state index contributed by atoms with van der Waals surface area (Å²) >= 11 is 1.08. The molecule has 2 heterocycles. The second-order valence-corrected chi connectivity index (χ2v) is 7.72. The monoisotopic (exact) mass is 356 g/mol. The number of phenolic OH excluding ortho intramolecular Hbond substituents is 2. The molecule has 2 fully saturated rings. The number of rotatable bonds is 1. The molecule has 2 aliphatic heterocycles. The van der Waals surface area contributed by atoms with Crippen molar-refractivity contribution in [3.8, 4) is 11.5 Å². The lowest BCUT2D eigenvalue weighted by atomic mass is 10.0. The summed E-state index contributed by atoms with van der Waals surface area (Å²) in [7, 11) is 0. The van der Waals surface area contributed by atoms with Crippen LogP contribution in [0.3, 0.4) is 0 Å². The van der Waals surface area contributed by atoms with Gasteiger partial charge in [-0.3, -0.25) is 10.8 Å². The van der Waals surface area contributed by atoms with Gasteiger partial charge in [0.25, 0.3) is 0 Å². The van der Waals surface area contributed by atoms with Crippen molar-refractivity contribution < 1.29 is 10.2 Å². The number of aromatic hydroxyl groups is 2. The van der Waals surface area contributed by atoms with E-state index in [4.69, 9.17) is 10.8 Å². The molecule has 0 bridgehead atoms. The Labute approximate surface area is 149 Å². The molecule has 0 aromatic heterocycles. The molecular weight excluding hydrogens is 336 g/mol. The minimum atomic E-state index is -0.00843. The quantitative estimate of drug-likeness (QED) is 0.399. The van der Waals surface area contributed by atoms with Crippen LogP contribution in [0.4, 0.5) is 0 Å². The summed E-state index contributed by atoms with van der Waals surface area (Å²) in [6.45, 7) is 3.74. The van der Waals surface area contributed by atoms with Crippen LogP contribution in [0, 0.1) is 22.7 Å². The third-order valence-electron chi connectivity index (χ3n) is 5.06. The highest BCUT2D eigenvalue weighted by Crippen LogP contribution is 2.32. The Morgan fingerprint density at radius 1 is 1.04 bits per heavy atom. The Bertz CT molecular complexity index is 858. The maximum atomic E-state index is 10.3. The van der Waals surface area contributed by atoms with Crippen molar-refractivity contribution in [2.24, 2.45) is 11.8 Å². The summed E-state index contributed by atoms with van der Waals surface area (Å²) in [6, 6.07) is 8.20. The van der Waals surface area contributed by atoms with Gasteiger partial charge in [0, 0.05) is 31.7 Å². The summed E-state index contributed by atoms with van der Waals surface area (Å²) in [5.74, 6) is 1.32. The number of phenols is 2. The topological polar surface area (TPSA) is 103 Å². The van der Waals surface area contributed by atoms with E-state index in [1.807, 2.05) is 4.90 Å². The van der Waals surface area contributed by atoms with Crippen molar-refractivity contribution in [2.75, 3.05) is 26.2 Å². The van der Waals surface area contributed by atoms with Crippen molar-refractivity contribution in [3.05, 3.63) is 35.9 Å². The molecule has 0 saturated carbocycles. The standard InChI is InChI=1S/C18H20N4O2S/c19-17(25-18(20)22-8-12-6-21-7-13(12)9-22)15-4-10-1-2-14(23)3-11(10)5-16(15)24/h1-5,12-13,19-21,23-24H,6-9H2/t12-,13?/m0/s1. The molecule has 2 aliphatic rings. The normalized spacial score (nSPS) is 22.3. The summed E-state index contributed by atoms with van der Waals surface area (Å²) in [4.78, 5) is 2.03. The Kier molecular flexibility index (Phi) is 4.05. The van der Waals surface area contributed by atoms with E-state index in [-0.39, 0.29) is 16.5 Å². The molecule has 5 N–H and O–H groups in total. The fraction of sp³-hybridized carbons (Fsp3) is 0.333. The van der Waals surface area contributed by atoms with Gasteiger partial charge in [-0.05, 0) is 58.6 Å². The number of fused-ring (bicyclic) bond motifs is 2. The smallest absolute Gasteiger partial charge is 0.162 e. The third kappa shape index (κ3) is 3.05. The zero-order chi connectivity index (χ0) is 17.6. The van der Waals surface area contributed by atoms with Crippen LogP contribution in [-0.2, 0) is 0 Å². The van der Waals surface area contributed by atoms with Crippen LogP contribution >= 0.6 is 11.8 Å². The molecule has 7 heteroatoms. The zero-order valence-corrected chi connectivity index (χ0v) is 14.4. The second kappa shape index (κ2) is 6.24. The molecule has 0 aliphatic carbocycles. The fourth-order valence-corrected chi connectivity index (χ4v) is 4.44. The van der Waals surface area contributed by atoms with Crippen molar-refractivity contribution in [2.45, 2.75) is 0 Å². The average molecular weight is 356 g/mol. The Hall–Kier alpha value is -2.25. The molecule has 0 spiro atoms. The number of nitrogens with zero attached hydrogens (tertiary/aromatic N) is 1. The molecule has 0 radical (unpaired) electrons. The average Bonchev–Trinajstić information content (AvgIpc) is 3.15. The number of hydrogen-bond donors (Lipinski definition) is 5. The van der Waals surface area contributed by atoms with Crippen LogP contribution in [0.15, 0.2) is 30.3 Å². The van der Waals surface area contributed by atoms with Gasteiger partial charge < -0.3 is 20.4 Å². The third-order valence-corrected chi connectivity index (χ3v) is 5.93. The first-order valence-electron chi connectivity index (χ1n) is 8.28. The van der Waals surface area contributed by atoms with Crippen molar-refractivity contribution in [1.29, 1.82) is 10.8 Å². The first-order valence-corrected chi connectivity index (χ1v) is 9.09. The van der Waals surface area contributed by atoms with E-state index in [0.29, 0.717) is 28.0 Å². The first kappa shape index (κ1) is 16.2. The maximum absolute atomic E-state index is 10.3. The lowest BCUT2D eigenvalue weighted by Crippen LogP contribution is -2.30. The SMILES string of the molecule is N=C(SC(=N)N1CC2CNC[C@H]2C1)c1cc2ccc(O)cc2cc1O. The van der Waals surface area contributed by atoms with E-state index in [2.05, 4.69) is 5.32 Å². The molecule has 2 saturated heterocycles. The van der Waals surface area contributed by atoms with E-state index >= 15 is 0 Å². The number of likely N-dealkylation sites (tertiary alicyclic amines) is 1. The van der Waals surface area contributed by atoms with Crippen LogP contribution in [0.1, 0.15) is 5.56 Å². The van der Waals surface area contributed by atoms with Crippen molar-refractivity contribution >= 4 is 32.7 Å². The Morgan fingerprint density at radius 3 is 2.48 bits per heavy atom. The highest BCUT2D eigenvalue weighted by molar-refractivity contribution is 8.26. The minimum Gasteiger partial charge on any atom is -0.508 e. The van der Waals surface area contributed by atoms with Crippen LogP contribution in [-0.4, -0.2) is 51.5 Å². The molecule has 2 atom stereocenters. The van der Waals surface area contributed by atoms with Gasteiger partial charge in [-0.1, -0.05) is 6.07 Å². The Balaban J connectivity index is 1.51. The van der Waals surface area contributed by atoms with Gasteiger partial charge in [-0.25, -0.2) is 0 Å². The van der Waals surface area contributed by atoms with E-state index in [1.54, 1.807) is 30.3 Å². The van der Waals surface area contributed by atoms with E-state index < -0.39 is 0 Å². The van der Waals surface area contributed by atoms with Crippen LogP contribution < -0.4 is 5.32 Å². The van der Waals surface area contributed by atoms with Crippen molar-refractivity contribution in [3.63, 3.8) is 0 Å². The Morgan fingerprint density at radius 2 is 1.76 bits per heavy atom. The van der Waals surface area contributed by atoms with E-state index in [1.165, 1.54) is 0 Å². The molecule has 4 rings (SSSR count). The summed E-state index contributed by atoms with van der Waals surface area (Å²) in [5.41, 5.74) is 0.411. The largest absolute Gasteiger partial charge is 0.508 e. The molecule has 130 valence electrons. The van der Waals surface area contributed by atoms with E-state index in [0.717, 1.165) is 43.3 Å². The summed E-state index contributed by atoms with van der Waals surface area (Å²) in [6.07, 6.45) is 0. The van der Waals surface area contributed by atoms with Crippen LogP contribution in [0.25, 0.3) is 10.8 Å². The summed E-state index contributed by atoms with van der Waals surface area (Å²) in [5, 5.41) is 41.9. The predicted octanol–water partition coefficient (Wildman–Crippen LogP) is 2.40. The molecule has 0 amide bonds. The molecular formula is C18H20N4O2S. The number of nitrogens with one attached hydrogen (secondary N) is 3. The van der Waals surface area contributed by atoms with Crippen molar-refractivity contribution in [1.82, 2.24) is 10.2 Å². The molecule has 6 nitrogen and oxygen atoms in total. The van der Waals surface area contributed by atoms with Gasteiger partial charge in [0.1, 0.15) is 16.5 Å². The lowest BCUT2D eigenvalue weighted by molar-refractivity contribution is 0.473. The number of hydrogen-bond acceptors (Lipinski definition) is 6. The lowest BCUT2D eigenvalue weighted by Gasteiger charge is -2.20. The van der Waals surface area contributed by atoms with Gasteiger partial charge in [0.2, 0.25) is 0 Å². The maximum Gasteiger partial charge on any atom is 0.162 e. The highest BCUT2D eigenvalue weighted by atomic mass is 32.2. The molecule has 25 heavy (non-hydrogen) atoms. The molecule has 1 unspecified atom stereocenters. The zero-order valence-electron chi connectivity index (χ0n) is 13.6. The highest BCUT2D eigenvalue weighted by Gasteiger charge is 2.37. The van der Waals surface area contributed by atoms with Crippen LogP contribution in [0.2, 0.25) is 0 Å². The summed E-state index contributed by atoms with van der Waals surface area (Å²) < 4.78 is 0.